The Morgan fingerprint density at radius 1 is 1.04 bits per heavy atom. The maximum absolute atomic E-state index is 10.7. The van der Waals surface area contributed by atoms with Gasteiger partial charge in [-0.25, -0.2) is 0 Å². The lowest BCUT2D eigenvalue weighted by Crippen LogP contribution is -2.26. The lowest BCUT2D eigenvalue weighted by molar-refractivity contribution is -0.136. The van der Waals surface area contributed by atoms with Crippen LogP contribution in [0.5, 0.6) is 0 Å². The molecule has 1 atom stereocenters. The Labute approximate surface area is 161 Å². The number of hydrogen-bond donors (Lipinski definition) is 3. The van der Waals surface area contributed by atoms with E-state index in [0.29, 0.717) is 12.3 Å². The van der Waals surface area contributed by atoms with Crippen molar-refractivity contribution in [2.45, 2.75) is 37.6 Å². The number of carbonyl (C=O) groups is 1. The summed E-state index contributed by atoms with van der Waals surface area (Å²) in [5, 5.41) is 12.2. The Bertz CT molecular complexity index is 695. The molecular weight excluding hydrogens is 348 g/mol. The summed E-state index contributed by atoms with van der Waals surface area (Å²) in [5.41, 5.74) is 11.0. The molecule has 2 aromatic carbocycles. The van der Waals surface area contributed by atoms with Gasteiger partial charge in [-0.15, -0.1) is 12.4 Å². The average molecular weight is 375 g/mol. The molecule has 0 amide bonds. The van der Waals surface area contributed by atoms with E-state index in [0.717, 1.165) is 29.8 Å². The van der Waals surface area contributed by atoms with Gasteiger partial charge in [-0.05, 0) is 60.5 Å². The number of carboxylic acids is 1. The Morgan fingerprint density at radius 2 is 1.58 bits per heavy atom. The van der Waals surface area contributed by atoms with Gasteiger partial charge in [0.15, 0.2) is 0 Å². The normalized spacial score (nSPS) is 15.9. The molecule has 0 radical (unpaired) electrons. The van der Waals surface area contributed by atoms with Crippen molar-refractivity contribution in [2.24, 2.45) is 5.73 Å². The molecule has 3 rings (SSSR count). The molecule has 2 aromatic rings. The van der Waals surface area contributed by atoms with Crippen molar-refractivity contribution in [1.82, 2.24) is 5.32 Å². The Hall–Kier alpha value is -1.88. The smallest absolute Gasteiger partial charge is 0.303 e. The number of rotatable bonds is 6. The lowest BCUT2D eigenvalue weighted by atomic mass is 9.88. The number of piperidine rings is 1. The van der Waals surface area contributed by atoms with E-state index < -0.39 is 5.97 Å². The molecule has 26 heavy (non-hydrogen) atoms. The first kappa shape index (κ1) is 20.4. The fraction of sp³-hybridized carbons (Fsp3) is 0.381. The van der Waals surface area contributed by atoms with Crippen LogP contribution < -0.4 is 11.1 Å². The molecule has 0 saturated carbocycles. The summed E-state index contributed by atoms with van der Waals surface area (Å²) in [4.78, 5) is 10.7. The molecule has 1 saturated heterocycles. The standard InChI is InChI=1S/C21H26N2O2.ClH/c22-21(18-4-1-15(2-5-18)3-10-20(24)25)19-8-6-16(7-9-19)17-11-13-23-14-12-17;/h1-2,4-9,17,21,23H,3,10-14,22H2,(H,24,25);1H. The van der Waals surface area contributed by atoms with Gasteiger partial charge in [0.25, 0.3) is 0 Å². The van der Waals surface area contributed by atoms with E-state index in [9.17, 15) is 4.79 Å². The van der Waals surface area contributed by atoms with E-state index in [1.807, 2.05) is 24.3 Å². The third kappa shape index (κ3) is 5.31. The molecule has 140 valence electrons. The summed E-state index contributed by atoms with van der Waals surface area (Å²) in [5.74, 6) is -0.116. The summed E-state index contributed by atoms with van der Waals surface area (Å²) in [6.45, 7) is 2.19. The van der Waals surface area contributed by atoms with Gasteiger partial charge in [-0.1, -0.05) is 48.5 Å². The number of hydrogen-bond acceptors (Lipinski definition) is 3. The predicted octanol–water partition coefficient (Wildman–Crippen LogP) is 3.64. The molecule has 0 spiro atoms. The fourth-order valence-corrected chi connectivity index (χ4v) is 3.47. The zero-order valence-electron chi connectivity index (χ0n) is 14.9. The van der Waals surface area contributed by atoms with Crippen LogP contribution in [0.3, 0.4) is 0 Å². The maximum Gasteiger partial charge on any atom is 0.303 e. The summed E-state index contributed by atoms with van der Waals surface area (Å²) < 4.78 is 0. The minimum absolute atomic E-state index is 0. The van der Waals surface area contributed by atoms with Crippen molar-refractivity contribution in [3.05, 3.63) is 70.8 Å². The number of nitrogens with two attached hydrogens (primary N) is 1. The highest BCUT2D eigenvalue weighted by Crippen LogP contribution is 2.27. The average Bonchev–Trinajstić information content (AvgIpc) is 2.67. The molecular formula is C21H27ClN2O2. The quantitative estimate of drug-likeness (QED) is 0.721. The minimum Gasteiger partial charge on any atom is -0.481 e. The van der Waals surface area contributed by atoms with Crippen molar-refractivity contribution < 1.29 is 9.90 Å². The fourth-order valence-electron chi connectivity index (χ4n) is 3.47. The number of aliphatic carboxylic acids is 1. The van der Waals surface area contributed by atoms with Crippen LogP contribution in [-0.4, -0.2) is 24.2 Å². The first-order valence-electron chi connectivity index (χ1n) is 9.00. The van der Waals surface area contributed by atoms with E-state index in [-0.39, 0.29) is 24.9 Å². The van der Waals surface area contributed by atoms with E-state index in [1.165, 1.54) is 18.4 Å². The molecule has 4 nitrogen and oxygen atoms in total. The van der Waals surface area contributed by atoms with Crippen LogP contribution in [0.25, 0.3) is 0 Å². The highest BCUT2D eigenvalue weighted by molar-refractivity contribution is 5.85. The van der Waals surface area contributed by atoms with E-state index in [2.05, 4.69) is 29.6 Å². The van der Waals surface area contributed by atoms with Crippen molar-refractivity contribution in [2.75, 3.05) is 13.1 Å². The molecule has 0 bridgehead atoms. The Balaban J connectivity index is 0.00000243. The van der Waals surface area contributed by atoms with Crippen LogP contribution in [-0.2, 0) is 11.2 Å². The summed E-state index contributed by atoms with van der Waals surface area (Å²) in [6, 6.07) is 16.5. The number of aryl methyl sites for hydroxylation is 1. The summed E-state index contributed by atoms with van der Waals surface area (Å²) in [7, 11) is 0. The molecule has 0 aromatic heterocycles. The largest absolute Gasteiger partial charge is 0.481 e. The molecule has 5 heteroatoms. The topological polar surface area (TPSA) is 75.4 Å². The third-order valence-corrected chi connectivity index (χ3v) is 5.07. The van der Waals surface area contributed by atoms with Crippen molar-refractivity contribution in [1.29, 1.82) is 0 Å². The highest BCUT2D eigenvalue weighted by atomic mass is 35.5. The Kier molecular flexibility index (Phi) is 7.64. The first-order valence-corrected chi connectivity index (χ1v) is 9.00. The van der Waals surface area contributed by atoms with Gasteiger partial charge in [0.1, 0.15) is 0 Å². The van der Waals surface area contributed by atoms with Crippen molar-refractivity contribution in [3.63, 3.8) is 0 Å². The zero-order chi connectivity index (χ0) is 17.6. The van der Waals surface area contributed by atoms with Gasteiger partial charge in [0.2, 0.25) is 0 Å². The second-order valence-electron chi connectivity index (χ2n) is 6.80. The molecule has 4 N–H and O–H groups in total. The molecule has 0 aliphatic carbocycles. The van der Waals surface area contributed by atoms with Crippen molar-refractivity contribution >= 4 is 18.4 Å². The maximum atomic E-state index is 10.7. The number of halogens is 1. The van der Waals surface area contributed by atoms with Crippen LogP contribution in [0.2, 0.25) is 0 Å². The lowest BCUT2D eigenvalue weighted by Gasteiger charge is -2.23. The van der Waals surface area contributed by atoms with Crippen LogP contribution in [0, 0.1) is 0 Å². The minimum atomic E-state index is -0.769. The molecule has 1 heterocycles. The third-order valence-electron chi connectivity index (χ3n) is 5.07. The van der Waals surface area contributed by atoms with Crippen LogP contribution >= 0.6 is 12.4 Å². The zero-order valence-corrected chi connectivity index (χ0v) is 15.7. The van der Waals surface area contributed by atoms with Gasteiger partial charge in [0, 0.05) is 6.42 Å². The first-order chi connectivity index (χ1) is 12.1. The van der Waals surface area contributed by atoms with Gasteiger partial charge >= 0.3 is 5.97 Å². The number of benzene rings is 2. The van der Waals surface area contributed by atoms with Gasteiger partial charge in [-0.3, -0.25) is 4.79 Å². The molecule has 1 aliphatic rings. The number of nitrogens with one attached hydrogen (secondary N) is 1. The molecule has 1 fully saturated rings. The van der Waals surface area contributed by atoms with Crippen molar-refractivity contribution in [3.8, 4) is 0 Å². The van der Waals surface area contributed by atoms with Gasteiger partial charge in [0.05, 0.1) is 6.04 Å². The summed E-state index contributed by atoms with van der Waals surface area (Å²) in [6.07, 6.45) is 3.10. The second kappa shape index (κ2) is 9.72. The highest BCUT2D eigenvalue weighted by Gasteiger charge is 2.16. The monoisotopic (exact) mass is 374 g/mol. The van der Waals surface area contributed by atoms with Crippen LogP contribution in [0.15, 0.2) is 48.5 Å². The van der Waals surface area contributed by atoms with Gasteiger partial charge in [-0.2, -0.15) is 0 Å². The Morgan fingerprint density at radius 3 is 2.12 bits per heavy atom. The SMILES string of the molecule is Cl.NC(c1ccc(CCC(=O)O)cc1)c1ccc(C2CCNCC2)cc1. The predicted molar refractivity (Wildman–Crippen MR) is 107 cm³/mol. The molecule has 1 aliphatic heterocycles. The summed E-state index contributed by atoms with van der Waals surface area (Å²) >= 11 is 0. The van der Waals surface area contributed by atoms with E-state index in [4.69, 9.17) is 10.8 Å². The van der Waals surface area contributed by atoms with Gasteiger partial charge < -0.3 is 16.2 Å². The van der Waals surface area contributed by atoms with Crippen LogP contribution in [0.4, 0.5) is 0 Å². The van der Waals surface area contributed by atoms with Crippen LogP contribution in [0.1, 0.15) is 53.5 Å². The molecule has 1 unspecified atom stereocenters. The second-order valence-corrected chi connectivity index (χ2v) is 6.80. The van der Waals surface area contributed by atoms with E-state index in [1.54, 1.807) is 0 Å². The number of carboxylic acid groups (broad SMARTS) is 1. The van der Waals surface area contributed by atoms with E-state index >= 15 is 0 Å².